The standard InChI is InChI=1S/C26H33NO13/c1-14(28)35-13-21-22(36-15(2)29)23(37-16(3)30)24(38-17(4)31)26(40-21)39-19-7-6-18(12-20(19)33-5)25(32)27-8-10-34-11-9-27/h6-7,12,21-24,26H,8-11,13H2,1-5H3/t21-,22+,23+,24-,26+/m0/s1. The first-order valence-electron chi connectivity index (χ1n) is 12.5. The Morgan fingerprint density at radius 3 is 2.00 bits per heavy atom. The summed E-state index contributed by atoms with van der Waals surface area (Å²) in [4.78, 5) is 62.0. The van der Waals surface area contributed by atoms with Crippen LogP contribution in [0, 0.1) is 0 Å². The van der Waals surface area contributed by atoms with Crippen LogP contribution in [0.3, 0.4) is 0 Å². The number of benzene rings is 1. The number of nitrogens with zero attached hydrogens (tertiary/aromatic N) is 1. The Morgan fingerprint density at radius 1 is 0.825 bits per heavy atom. The lowest BCUT2D eigenvalue weighted by Gasteiger charge is -2.44. The molecule has 2 fully saturated rings. The third-order valence-electron chi connectivity index (χ3n) is 5.90. The lowest BCUT2D eigenvalue weighted by molar-refractivity contribution is -0.288. The zero-order valence-electron chi connectivity index (χ0n) is 22.9. The summed E-state index contributed by atoms with van der Waals surface area (Å²) in [5, 5.41) is 0. The Labute approximate surface area is 230 Å². The van der Waals surface area contributed by atoms with Crippen molar-refractivity contribution in [1.82, 2.24) is 4.90 Å². The van der Waals surface area contributed by atoms with Gasteiger partial charge in [-0.15, -0.1) is 0 Å². The summed E-state index contributed by atoms with van der Waals surface area (Å²) in [6.07, 6.45) is -6.76. The molecule has 0 bridgehead atoms. The van der Waals surface area contributed by atoms with E-state index in [4.69, 9.17) is 37.9 Å². The van der Waals surface area contributed by atoms with E-state index in [2.05, 4.69) is 0 Å². The minimum Gasteiger partial charge on any atom is -0.493 e. The highest BCUT2D eigenvalue weighted by atomic mass is 16.7. The van der Waals surface area contributed by atoms with E-state index in [1.165, 1.54) is 32.2 Å². The zero-order valence-corrected chi connectivity index (χ0v) is 22.9. The largest absolute Gasteiger partial charge is 0.493 e. The van der Waals surface area contributed by atoms with Gasteiger partial charge < -0.3 is 42.8 Å². The second kappa shape index (κ2) is 13.9. The maximum Gasteiger partial charge on any atom is 0.303 e. The molecule has 220 valence electrons. The van der Waals surface area contributed by atoms with Crippen molar-refractivity contribution < 1.29 is 61.9 Å². The van der Waals surface area contributed by atoms with Crippen LogP contribution in [0.2, 0.25) is 0 Å². The van der Waals surface area contributed by atoms with Crippen LogP contribution in [-0.2, 0) is 47.6 Å². The third-order valence-corrected chi connectivity index (χ3v) is 5.90. The first kappa shape index (κ1) is 30.6. The van der Waals surface area contributed by atoms with Gasteiger partial charge in [-0.2, -0.15) is 0 Å². The number of esters is 4. The second-order valence-electron chi connectivity index (χ2n) is 8.96. The molecule has 40 heavy (non-hydrogen) atoms. The molecule has 14 heteroatoms. The summed E-state index contributed by atoms with van der Waals surface area (Å²) < 4.78 is 44.0. The van der Waals surface area contributed by atoms with Crippen LogP contribution in [0.25, 0.3) is 0 Å². The van der Waals surface area contributed by atoms with E-state index in [0.29, 0.717) is 31.9 Å². The summed E-state index contributed by atoms with van der Waals surface area (Å²) in [6, 6.07) is 4.49. The quantitative estimate of drug-likeness (QED) is 0.302. The van der Waals surface area contributed by atoms with Gasteiger partial charge in [0, 0.05) is 46.3 Å². The maximum atomic E-state index is 12.9. The molecule has 0 unspecified atom stereocenters. The Bertz CT molecular complexity index is 1100. The average molecular weight is 568 g/mol. The summed E-state index contributed by atoms with van der Waals surface area (Å²) in [5.74, 6) is -2.89. The van der Waals surface area contributed by atoms with Gasteiger partial charge in [0.15, 0.2) is 23.7 Å². The van der Waals surface area contributed by atoms with E-state index >= 15 is 0 Å². The highest BCUT2D eigenvalue weighted by molar-refractivity contribution is 5.95. The topological polar surface area (TPSA) is 162 Å². The number of carbonyl (C=O) groups is 5. The van der Waals surface area contributed by atoms with Crippen LogP contribution in [-0.4, -0.2) is 105 Å². The Balaban J connectivity index is 1.96. The molecular weight excluding hydrogens is 534 g/mol. The zero-order chi connectivity index (χ0) is 29.4. The van der Waals surface area contributed by atoms with E-state index in [1.807, 2.05) is 0 Å². The van der Waals surface area contributed by atoms with Gasteiger partial charge >= 0.3 is 23.9 Å². The van der Waals surface area contributed by atoms with Crippen LogP contribution in [0.5, 0.6) is 11.5 Å². The van der Waals surface area contributed by atoms with Crippen molar-refractivity contribution in [3.05, 3.63) is 23.8 Å². The maximum absolute atomic E-state index is 12.9. The van der Waals surface area contributed by atoms with Gasteiger partial charge in [0.1, 0.15) is 12.7 Å². The number of morpholine rings is 1. The van der Waals surface area contributed by atoms with Crippen molar-refractivity contribution in [2.45, 2.75) is 58.4 Å². The summed E-state index contributed by atoms with van der Waals surface area (Å²) >= 11 is 0. The van der Waals surface area contributed by atoms with Gasteiger partial charge in [-0.25, -0.2) is 0 Å². The van der Waals surface area contributed by atoms with E-state index in [9.17, 15) is 24.0 Å². The average Bonchev–Trinajstić information content (AvgIpc) is 2.90. The van der Waals surface area contributed by atoms with Crippen LogP contribution < -0.4 is 9.47 Å². The number of carbonyl (C=O) groups excluding carboxylic acids is 5. The van der Waals surface area contributed by atoms with Gasteiger partial charge in [-0.3, -0.25) is 24.0 Å². The van der Waals surface area contributed by atoms with Gasteiger partial charge in [-0.1, -0.05) is 0 Å². The summed E-state index contributed by atoms with van der Waals surface area (Å²) in [7, 11) is 1.37. The number of hydrogen-bond donors (Lipinski definition) is 0. The molecule has 2 heterocycles. The molecule has 2 aliphatic heterocycles. The van der Waals surface area contributed by atoms with Gasteiger partial charge in [0.05, 0.1) is 20.3 Å². The van der Waals surface area contributed by atoms with Gasteiger partial charge in [-0.05, 0) is 18.2 Å². The minimum atomic E-state index is -1.45. The molecule has 3 rings (SSSR count). The van der Waals surface area contributed by atoms with Crippen LogP contribution >= 0.6 is 0 Å². The van der Waals surface area contributed by atoms with Crippen LogP contribution in [0.1, 0.15) is 38.1 Å². The fourth-order valence-electron chi connectivity index (χ4n) is 4.26. The van der Waals surface area contributed by atoms with Crippen molar-refractivity contribution >= 4 is 29.8 Å². The molecule has 1 amide bonds. The molecule has 0 saturated carbocycles. The molecule has 0 aromatic heterocycles. The number of hydrogen-bond acceptors (Lipinski definition) is 13. The lowest BCUT2D eigenvalue weighted by atomic mass is 9.98. The first-order valence-corrected chi connectivity index (χ1v) is 12.5. The molecular formula is C26H33NO13. The normalized spacial score (nSPS) is 24.3. The van der Waals surface area contributed by atoms with Gasteiger partial charge in [0.25, 0.3) is 5.91 Å². The van der Waals surface area contributed by atoms with Crippen molar-refractivity contribution in [1.29, 1.82) is 0 Å². The number of methoxy groups -OCH3 is 1. The Hall–Kier alpha value is -3.91. The SMILES string of the molecule is COc1cc(C(=O)N2CCOCC2)ccc1O[C@@H]1O[C@@H](COC(C)=O)[C@@H](OC(C)=O)[C@@H](OC(C)=O)[C@@H]1OC(C)=O. The minimum absolute atomic E-state index is 0.0990. The van der Waals surface area contributed by atoms with Crippen molar-refractivity contribution in [2.24, 2.45) is 0 Å². The second-order valence-corrected chi connectivity index (χ2v) is 8.96. The summed E-state index contributed by atoms with van der Waals surface area (Å²) in [5.41, 5.74) is 0.340. The van der Waals surface area contributed by atoms with Gasteiger partial charge in [0.2, 0.25) is 12.4 Å². The van der Waals surface area contributed by atoms with Crippen molar-refractivity contribution in [3.63, 3.8) is 0 Å². The first-order chi connectivity index (χ1) is 19.0. The number of amides is 1. The molecule has 0 aliphatic carbocycles. The van der Waals surface area contributed by atoms with E-state index in [1.54, 1.807) is 4.90 Å². The highest BCUT2D eigenvalue weighted by Gasteiger charge is 2.53. The highest BCUT2D eigenvalue weighted by Crippen LogP contribution is 2.35. The number of ether oxygens (including phenoxy) is 8. The van der Waals surface area contributed by atoms with Crippen molar-refractivity contribution in [3.8, 4) is 11.5 Å². The van der Waals surface area contributed by atoms with E-state index in [-0.39, 0.29) is 17.4 Å². The molecule has 1 aromatic carbocycles. The number of rotatable bonds is 9. The fourth-order valence-corrected chi connectivity index (χ4v) is 4.26. The molecule has 1 aromatic rings. The predicted octanol–water partition coefficient (Wildman–Crippen LogP) is 0.630. The molecule has 2 saturated heterocycles. The molecule has 0 radical (unpaired) electrons. The van der Waals surface area contributed by atoms with E-state index < -0.39 is 61.2 Å². The Kier molecular flexibility index (Phi) is 10.7. The molecule has 14 nitrogen and oxygen atoms in total. The van der Waals surface area contributed by atoms with Crippen molar-refractivity contribution in [2.75, 3.05) is 40.0 Å². The predicted molar refractivity (Wildman–Crippen MR) is 132 cm³/mol. The monoisotopic (exact) mass is 567 g/mol. The summed E-state index contributed by atoms with van der Waals surface area (Å²) in [6.45, 7) is 5.92. The van der Waals surface area contributed by atoms with Crippen LogP contribution in [0.4, 0.5) is 0 Å². The lowest BCUT2D eigenvalue weighted by Crippen LogP contribution is -2.63. The molecule has 0 spiro atoms. The Morgan fingerprint density at radius 2 is 1.43 bits per heavy atom. The molecule has 2 aliphatic rings. The fraction of sp³-hybridized carbons (Fsp3) is 0.577. The molecule has 5 atom stereocenters. The van der Waals surface area contributed by atoms with E-state index in [0.717, 1.165) is 20.8 Å². The smallest absolute Gasteiger partial charge is 0.303 e. The van der Waals surface area contributed by atoms with Crippen LogP contribution in [0.15, 0.2) is 18.2 Å². The third kappa shape index (κ3) is 8.05. The molecule has 0 N–H and O–H groups in total.